The molecule has 1 N–H and O–H groups in total. The summed E-state index contributed by atoms with van der Waals surface area (Å²) in [6, 6.07) is 5.16. The van der Waals surface area contributed by atoms with Gasteiger partial charge in [0.15, 0.2) is 0 Å². The summed E-state index contributed by atoms with van der Waals surface area (Å²) >= 11 is 6.62. The first-order valence-electron chi connectivity index (χ1n) is 11.4. The molecular formula is C24H29ClN6O4. The van der Waals surface area contributed by atoms with Crippen molar-refractivity contribution in [3.63, 3.8) is 0 Å². The largest absolute Gasteiger partial charge is 0.497 e. The minimum Gasteiger partial charge on any atom is -0.497 e. The van der Waals surface area contributed by atoms with Crippen molar-refractivity contribution in [3.05, 3.63) is 39.8 Å². The number of halogens is 1. The molecule has 1 aromatic carbocycles. The summed E-state index contributed by atoms with van der Waals surface area (Å²) in [6.07, 6.45) is 3.33. The Balaban J connectivity index is 1.73. The number of aromatic nitrogens is 3. The number of piperazine rings is 1. The molecule has 0 unspecified atom stereocenters. The Morgan fingerprint density at radius 1 is 1.09 bits per heavy atom. The molecular weight excluding hydrogens is 472 g/mol. The summed E-state index contributed by atoms with van der Waals surface area (Å²) in [5, 5.41) is 3.98. The van der Waals surface area contributed by atoms with E-state index >= 15 is 0 Å². The maximum absolute atomic E-state index is 13.8. The number of carbonyl (C=O) groups is 1. The van der Waals surface area contributed by atoms with Crippen molar-refractivity contribution in [2.75, 3.05) is 59.3 Å². The van der Waals surface area contributed by atoms with Gasteiger partial charge in [-0.1, -0.05) is 11.6 Å². The van der Waals surface area contributed by atoms with Crippen LogP contribution in [0.5, 0.6) is 11.5 Å². The average molecular weight is 501 g/mol. The Labute approximate surface area is 208 Å². The lowest BCUT2D eigenvalue weighted by atomic mass is 10.0. The number of fused-ring (bicyclic) bond motifs is 1. The number of rotatable bonds is 9. The predicted octanol–water partition coefficient (Wildman–Crippen LogP) is 2.33. The van der Waals surface area contributed by atoms with Crippen LogP contribution in [0.1, 0.15) is 6.42 Å². The molecule has 10 nitrogen and oxygen atoms in total. The molecule has 0 aliphatic carbocycles. The van der Waals surface area contributed by atoms with Crippen molar-refractivity contribution in [2.24, 2.45) is 0 Å². The Kier molecular flexibility index (Phi) is 7.72. The Morgan fingerprint density at radius 3 is 2.51 bits per heavy atom. The number of aryl methyl sites for hydroxylation is 1. The maximum Gasteiger partial charge on any atom is 0.260 e. The molecule has 0 saturated carbocycles. The van der Waals surface area contributed by atoms with Crippen LogP contribution in [0.2, 0.25) is 5.02 Å². The van der Waals surface area contributed by atoms with Crippen LogP contribution in [0.3, 0.4) is 0 Å². The summed E-state index contributed by atoms with van der Waals surface area (Å²) in [5.74, 6) is 1.39. The Bertz CT molecular complexity index is 1270. The quantitative estimate of drug-likeness (QED) is 0.447. The number of pyridine rings is 1. The average Bonchev–Trinajstić information content (AvgIpc) is 2.90. The van der Waals surface area contributed by atoms with E-state index < -0.39 is 0 Å². The van der Waals surface area contributed by atoms with E-state index in [9.17, 15) is 9.59 Å². The number of anilines is 1. The number of methoxy groups -OCH3 is 2. The van der Waals surface area contributed by atoms with Crippen LogP contribution in [0.15, 0.2) is 29.2 Å². The summed E-state index contributed by atoms with van der Waals surface area (Å²) in [7, 11) is 4.80. The fraction of sp³-hybridized carbons (Fsp3) is 0.417. The van der Waals surface area contributed by atoms with E-state index in [4.69, 9.17) is 21.1 Å². The number of hydrogen-bond acceptors (Lipinski definition) is 8. The standard InChI is InChI=1S/C24H29ClN6O4/c1-26-24-27-14-16-11-19(18-12-17(34-2)13-20(35-3)21(18)25)23(33)31(22(16)28-24)6-4-5-29-7-9-30(15-32)10-8-29/h11-15H,4-10H2,1-3H3,(H,26,27,28). The first-order chi connectivity index (χ1) is 17.0. The van der Waals surface area contributed by atoms with Gasteiger partial charge in [-0.3, -0.25) is 19.1 Å². The van der Waals surface area contributed by atoms with Gasteiger partial charge in [0.1, 0.15) is 17.1 Å². The number of hydrogen-bond donors (Lipinski definition) is 1. The first kappa shape index (κ1) is 24.7. The number of ether oxygens (including phenoxy) is 2. The lowest BCUT2D eigenvalue weighted by molar-refractivity contribution is -0.119. The van der Waals surface area contributed by atoms with Crippen molar-refractivity contribution < 1.29 is 14.3 Å². The fourth-order valence-corrected chi connectivity index (χ4v) is 4.55. The van der Waals surface area contributed by atoms with Gasteiger partial charge in [0.25, 0.3) is 5.56 Å². The highest BCUT2D eigenvalue weighted by Gasteiger charge is 2.20. The molecule has 2 aromatic heterocycles. The van der Waals surface area contributed by atoms with Crippen LogP contribution in [-0.4, -0.2) is 84.7 Å². The van der Waals surface area contributed by atoms with Crippen molar-refractivity contribution in [1.29, 1.82) is 0 Å². The minimum absolute atomic E-state index is 0.207. The summed E-state index contributed by atoms with van der Waals surface area (Å²) in [5.41, 5.74) is 1.28. The van der Waals surface area contributed by atoms with Gasteiger partial charge in [-0.25, -0.2) is 4.98 Å². The zero-order valence-corrected chi connectivity index (χ0v) is 20.8. The first-order valence-corrected chi connectivity index (χ1v) is 11.8. The fourth-order valence-electron chi connectivity index (χ4n) is 4.26. The van der Waals surface area contributed by atoms with Crippen molar-refractivity contribution >= 4 is 35.0 Å². The normalized spacial score (nSPS) is 14.2. The maximum atomic E-state index is 13.8. The predicted molar refractivity (Wildman–Crippen MR) is 136 cm³/mol. The highest BCUT2D eigenvalue weighted by atomic mass is 35.5. The zero-order valence-electron chi connectivity index (χ0n) is 20.1. The zero-order chi connectivity index (χ0) is 24.9. The summed E-state index contributed by atoms with van der Waals surface area (Å²) < 4.78 is 12.5. The minimum atomic E-state index is -0.207. The highest BCUT2D eigenvalue weighted by molar-refractivity contribution is 6.35. The molecule has 0 spiro atoms. The topological polar surface area (TPSA) is 102 Å². The number of amides is 1. The molecule has 3 heterocycles. The molecule has 186 valence electrons. The molecule has 1 aliphatic rings. The van der Waals surface area contributed by atoms with Crippen LogP contribution in [0, 0.1) is 0 Å². The van der Waals surface area contributed by atoms with E-state index in [0.29, 0.717) is 45.8 Å². The number of benzene rings is 1. The highest BCUT2D eigenvalue weighted by Crippen LogP contribution is 2.38. The van der Waals surface area contributed by atoms with Crippen LogP contribution in [0.4, 0.5) is 5.95 Å². The second-order valence-electron chi connectivity index (χ2n) is 8.27. The lowest BCUT2D eigenvalue weighted by Crippen LogP contribution is -2.46. The van der Waals surface area contributed by atoms with E-state index in [0.717, 1.165) is 50.9 Å². The molecule has 1 fully saturated rings. The van der Waals surface area contributed by atoms with Crippen molar-refractivity contribution in [1.82, 2.24) is 24.3 Å². The van der Waals surface area contributed by atoms with E-state index in [1.807, 2.05) is 0 Å². The smallest absolute Gasteiger partial charge is 0.260 e. The Morgan fingerprint density at radius 2 is 1.86 bits per heavy atom. The second kappa shape index (κ2) is 10.9. The van der Waals surface area contributed by atoms with E-state index in [1.54, 1.807) is 48.0 Å². The van der Waals surface area contributed by atoms with Crippen LogP contribution in [0.25, 0.3) is 22.2 Å². The monoisotopic (exact) mass is 500 g/mol. The summed E-state index contributed by atoms with van der Waals surface area (Å²) in [4.78, 5) is 37.7. The third-order valence-electron chi connectivity index (χ3n) is 6.22. The molecule has 0 bridgehead atoms. The molecule has 11 heteroatoms. The summed E-state index contributed by atoms with van der Waals surface area (Å²) in [6.45, 7) is 4.35. The SMILES string of the molecule is CNc1ncc2cc(-c3cc(OC)cc(OC)c3Cl)c(=O)n(CCCN3CCN(C=O)CC3)c2n1. The number of nitrogens with zero attached hydrogens (tertiary/aromatic N) is 5. The third kappa shape index (κ3) is 5.18. The van der Waals surface area contributed by atoms with Crippen molar-refractivity contribution in [2.45, 2.75) is 13.0 Å². The van der Waals surface area contributed by atoms with E-state index in [-0.39, 0.29) is 5.56 Å². The van der Waals surface area contributed by atoms with Crippen molar-refractivity contribution in [3.8, 4) is 22.6 Å². The van der Waals surface area contributed by atoms with E-state index in [2.05, 4.69) is 20.2 Å². The van der Waals surface area contributed by atoms with Crippen LogP contribution < -0.4 is 20.3 Å². The second-order valence-corrected chi connectivity index (χ2v) is 8.64. The van der Waals surface area contributed by atoms with Gasteiger partial charge in [0, 0.05) is 68.5 Å². The van der Waals surface area contributed by atoms with E-state index in [1.165, 1.54) is 7.11 Å². The van der Waals surface area contributed by atoms with Crippen LogP contribution in [-0.2, 0) is 11.3 Å². The van der Waals surface area contributed by atoms with Gasteiger partial charge in [-0.15, -0.1) is 0 Å². The molecule has 1 saturated heterocycles. The van der Waals surface area contributed by atoms with Gasteiger partial charge < -0.3 is 19.7 Å². The Hall–Kier alpha value is -3.37. The molecule has 1 aliphatic heterocycles. The van der Waals surface area contributed by atoms with Gasteiger partial charge in [0.05, 0.1) is 19.2 Å². The number of carbonyl (C=O) groups excluding carboxylic acids is 1. The molecule has 0 radical (unpaired) electrons. The van der Waals surface area contributed by atoms with Gasteiger partial charge in [-0.05, 0) is 25.1 Å². The third-order valence-corrected chi connectivity index (χ3v) is 6.61. The van der Waals surface area contributed by atoms with Gasteiger partial charge >= 0.3 is 0 Å². The molecule has 0 atom stereocenters. The number of nitrogens with one attached hydrogen (secondary N) is 1. The lowest BCUT2D eigenvalue weighted by Gasteiger charge is -2.32. The van der Waals surface area contributed by atoms with Gasteiger partial charge in [0.2, 0.25) is 12.4 Å². The molecule has 35 heavy (non-hydrogen) atoms. The molecule has 3 aromatic rings. The molecule has 1 amide bonds. The van der Waals surface area contributed by atoms with Gasteiger partial charge in [-0.2, -0.15) is 4.98 Å². The molecule has 4 rings (SSSR count). The van der Waals surface area contributed by atoms with Crippen LogP contribution >= 0.6 is 11.6 Å².